The van der Waals surface area contributed by atoms with E-state index in [4.69, 9.17) is 0 Å². The monoisotopic (exact) mass is 597 g/mol. The van der Waals surface area contributed by atoms with E-state index in [-0.39, 0.29) is 29.6 Å². The predicted molar refractivity (Wildman–Crippen MR) is 143 cm³/mol. The molecule has 3 aliphatic heterocycles. The molecule has 12 heteroatoms. The quantitative estimate of drug-likeness (QED) is 0.537. The van der Waals surface area contributed by atoms with Gasteiger partial charge in [-0.2, -0.15) is 13.2 Å². The normalized spacial score (nSPS) is 30.3. The molecular formula is C29H32F5N3O3S. The van der Waals surface area contributed by atoms with Gasteiger partial charge < -0.3 is 15.1 Å². The highest BCUT2D eigenvalue weighted by molar-refractivity contribution is 7.91. The van der Waals surface area contributed by atoms with Crippen molar-refractivity contribution < 1.29 is 35.2 Å². The predicted octanol–water partition coefficient (Wildman–Crippen LogP) is 4.26. The Morgan fingerprint density at radius 1 is 1.05 bits per heavy atom. The van der Waals surface area contributed by atoms with Gasteiger partial charge in [-0.05, 0) is 67.0 Å². The van der Waals surface area contributed by atoms with Crippen molar-refractivity contribution in [1.82, 2.24) is 15.1 Å². The van der Waals surface area contributed by atoms with Gasteiger partial charge >= 0.3 is 12.2 Å². The van der Waals surface area contributed by atoms with Crippen LogP contribution in [0.2, 0.25) is 0 Å². The topological polar surface area (TPSA) is 69.7 Å². The van der Waals surface area contributed by atoms with E-state index in [0.717, 1.165) is 11.1 Å². The van der Waals surface area contributed by atoms with Crippen LogP contribution in [-0.4, -0.2) is 79.7 Å². The molecule has 3 fully saturated rings. The van der Waals surface area contributed by atoms with E-state index in [0.29, 0.717) is 57.8 Å². The highest BCUT2D eigenvalue weighted by atomic mass is 32.2. The number of sulfone groups is 1. The number of urea groups is 1. The molecule has 222 valence electrons. The summed E-state index contributed by atoms with van der Waals surface area (Å²) < 4.78 is 94.0. The van der Waals surface area contributed by atoms with Crippen LogP contribution in [0.15, 0.2) is 42.5 Å². The molecule has 4 aliphatic rings. The largest absolute Gasteiger partial charge is 0.426 e. The number of aryl methyl sites for hydroxylation is 1. The molecule has 6 rings (SSSR count). The average Bonchev–Trinajstić information content (AvgIpc) is 3.44. The van der Waals surface area contributed by atoms with Crippen molar-refractivity contribution in [2.75, 3.05) is 31.1 Å². The Morgan fingerprint density at radius 3 is 2.49 bits per heavy atom. The van der Waals surface area contributed by atoms with E-state index >= 15 is 0 Å². The van der Waals surface area contributed by atoms with Gasteiger partial charge in [0.15, 0.2) is 9.84 Å². The van der Waals surface area contributed by atoms with Crippen molar-refractivity contribution in [2.24, 2.45) is 0 Å². The Bertz CT molecular complexity index is 1460. The lowest BCUT2D eigenvalue weighted by Gasteiger charge is -2.46. The smallest absolute Gasteiger partial charge is 0.321 e. The van der Waals surface area contributed by atoms with Gasteiger partial charge in [-0.1, -0.05) is 30.3 Å². The van der Waals surface area contributed by atoms with Gasteiger partial charge in [-0.25, -0.2) is 22.0 Å². The third kappa shape index (κ3) is 4.70. The number of nitrogens with zero attached hydrogens (tertiary/aromatic N) is 2. The first-order valence-electron chi connectivity index (χ1n) is 13.9. The fraction of sp³-hybridized carbons (Fsp3) is 0.552. The molecule has 0 bridgehead atoms. The lowest BCUT2D eigenvalue weighted by Crippen LogP contribution is -2.62. The van der Waals surface area contributed by atoms with Crippen LogP contribution in [0.4, 0.5) is 26.7 Å². The second-order valence-corrected chi connectivity index (χ2v) is 14.2. The van der Waals surface area contributed by atoms with Gasteiger partial charge in [0.05, 0.1) is 17.5 Å². The molecule has 1 aliphatic carbocycles. The number of piperazine rings is 1. The minimum Gasteiger partial charge on any atom is -0.321 e. The van der Waals surface area contributed by atoms with E-state index in [1.54, 1.807) is 28.0 Å². The highest BCUT2D eigenvalue weighted by Crippen LogP contribution is 2.51. The number of carbonyl (C=O) groups is 1. The fourth-order valence-electron chi connectivity index (χ4n) is 7.49. The molecule has 0 aromatic heterocycles. The Morgan fingerprint density at radius 2 is 1.78 bits per heavy atom. The van der Waals surface area contributed by atoms with Crippen molar-refractivity contribution in [3.8, 4) is 0 Å². The second kappa shape index (κ2) is 9.65. The van der Waals surface area contributed by atoms with Gasteiger partial charge in [0.25, 0.3) is 0 Å². The van der Waals surface area contributed by atoms with Gasteiger partial charge in [0.2, 0.25) is 5.67 Å². The number of likely N-dealkylation sites (tertiary alicyclic amines) is 1. The van der Waals surface area contributed by atoms with Gasteiger partial charge in [0, 0.05) is 37.1 Å². The molecule has 5 atom stereocenters. The minimum atomic E-state index is -5.07. The third-order valence-corrected chi connectivity index (χ3v) is 11.3. The van der Waals surface area contributed by atoms with Crippen LogP contribution < -0.4 is 5.32 Å². The molecule has 2 aromatic carbocycles. The maximum atomic E-state index is 14.9. The summed E-state index contributed by atoms with van der Waals surface area (Å²) >= 11 is 0. The summed E-state index contributed by atoms with van der Waals surface area (Å²) in [6, 6.07) is 8.77. The fourth-order valence-corrected chi connectivity index (χ4v) is 9.44. The summed E-state index contributed by atoms with van der Waals surface area (Å²) in [6.45, 7) is 1.75. The van der Waals surface area contributed by atoms with Crippen molar-refractivity contribution in [1.29, 1.82) is 0 Å². The molecule has 0 radical (unpaired) electrons. The van der Waals surface area contributed by atoms with Crippen molar-refractivity contribution in [3.05, 3.63) is 70.5 Å². The maximum Gasteiger partial charge on any atom is 0.426 e. The number of nitrogens with one attached hydrogen (secondary N) is 1. The SMILES string of the molecule is CC(F)(c1ccc2c(c1)CC[C@H]1N(C(=O)N3CCNC4CS(=O)(=O)CC43)CC[C@@]21Cc1ccc(F)cc1)C(F)(F)F. The van der Waals surface area contributed by atoms with Crippen molar-refractivity contribution in [2.45, 2.75) is 68.0 Å². The van der Waals surface area contributed by atoms with E-state index in [1.165, 1.54) is 24.3 Å². The molecule has 0 saturated carbocycles. The van der Waals surface area contributed by atoms with Crippen LogP contribution in [0.1, 0.15) is 42.0 Å². The Labute approximate surface area is 235 Å². The number of hydrogen-bond acceptors (Lipinski definition) is 4. The third-order valence-electron chi connectivity index (χ3n) is 9.62. The lowest BCUT2D eigenvalue weighted by molar-refractivity contribution is -0.228. The first-order chi connectivity index (χ1) is 19.2. The minimum absolute atomic E-state index is 0.0134. The molecule has 41 heavy (non-hydrogen) atoms. The molecule has 3 saturated heterocycles. The van der Waals surface area contributed by atoms with Gasteiger partial charge in [0.1, 0.15) is 5.82 Å². The number of benzene rings is 2. The molecule has 2 aromatic rings. The van der Waals surface area contributed by atoms with Crippen LogP contribution in [-0.2, 0) is 33.8 Å². The van der Waals surface area contributed by atoms with Crippen LogP contribution in [0, 0.1) is 5.82 Å². The molecule has 0 spiro atoms. The van der Waals surface area contributed by atoms with E-state index in [9.17, 15) is 35.2 Å². The van der Waals surface area contributed by atoms with Gasteiger partial charge in [-0.15, -0.1) is 0 Å². The zero-order valence-electron chi connectivity index (χ0n) is 22.6. The number of alkyl halides is 4. The summed E-state index contributed by atoms with van der Waals surface area (Å²) in [5.74, 6) is -0.503. The molecule has 6 nitrogen and oxygen atoms in total. The number of hydrogen-bond donors (Lipinski definition) is 1. The molecule has 3 heterocycles. The second-order valence-electron chi connectivity index (χ2n) is 12.0. The van der Waals surface area contributed by atoms with Crippen LogP contribution >= 0.6 is 0 Å². The number of halogens is 5. The van der Waals surface area contributed by atoms with Crippen LogP contribution in [0.3, 0.4) is 0 Å². The Kier molecular flexibility index (Phi) is 6.68. The Balaban J connectivity index is 1.38. The summed E-state index contributed by atoms with van der Waals surface area (Å²) in [7, 11) is -3.28. The summed E-state index contributed by atoms with van der Waals surface area (Å²) in [4.78, 5) is 17.5. The molecule has 3 unspecified atom stereocenters. The number of fused-ring (bicyclic) bond motifs is 4. The molecular weight excluding hydrogens is 565 g/mol. The van der Waals surface area contributed by atoms with Crippen molar-refractivity contribution in [3.63, 3.8) is 0 Å². The van der Waals surface area contributed by atoms with E-state index < -0.39 is 44.5 Å². The number of rotatable bonds is 3. The maximum absolute atomic E-state index is 14.9. The average molecular weight is 598 g/mol. The molecule has 1 N–H and O–H groups in total. The standard InChI is InChI=1S/C29H32F5N3O3S/c1-27(31,29(32,33)34)20-5-8-22-19(14-20)4-9-25-28(22,15-18-2-6-21(30)7-3-18)10-12-37(25)26(38)36-13-11-35-23-16-41(39,40)17-24(23)36/h2-3,5-8,14,23-25,35H,4,9-13,15-17H2,1H3/t23?,24?,25-,27?,28-/m1/s1. The summed E-state index contributed by atoms with van der Waals surface area (Å²) in [6.07, 6.45) is -3.33. The first-order valence-corrected chi connectivity index (χ1v) is 15.7. The zero-order valence-corrected chi connectivity index (χ0v) is 23.4. The first kappa shape index (κ1) is 28.4. The van der Waals surface area contributed by atoms with Crippen molar-refractivity contribution >= 4 is 15.9 Å². The lowest BCUT2D eigenvalue weighted by atomic mass is 9.63. The number of amides is 2. The van der Waals surface area contributed by atoms with Crippen LogP contribution in [0.25, 0.3) is 0 Å². The van der Waals surface area contributed by atoms with Crippen LogP contribution in [0.5, 0.6) is 0 Å². The molecule has 2 amide bonds. The summed E-state index contributed by atoms with van der Waals surface area (Å²) in [5.41, 5.74) is -2.44. The summed E-state index contributed by atoms with van der Waals surface area (Å²) in [5, 5.41) is 3.22. The highest BCUT2D eigenvalue weighted by Gasteiger charge is 2.57. The van der Waals surface area contributed by atoms with E-state index in [1.807, 2.05) is 0 Å². The zero-order chi connectivity index (χ0) is 29.4. The van der Waals surface area contributed by atoms with Gasteiger partial charge in [-0.3, -0.25) is 0 Å². The number of carbonyl (C=O) groups excluding carboxylic acids is 1. The van der Waals surface area contributed by atoms with E-state index in [2.05, 4.69) is 5.32 Å². The Hall–Kier alpha value is -2.73.